The topological polar surface area (TPSA) is 73.6 Å². The first-order valence-electron chi connectivity index (χ1n) is 2.08. The molecule has 4 N–H and O–H groups in total. The molecule has 0 aromatic heterocycles. The van der Waals surface area contributed by atoms with Crippen molar-refractivity contribution >= 4 is 6.02 Å². The van der Waals surface area contributed by atoms with Gasteiger partial charge in [0, 0.05) is 0 Å². The molecule has 0 radical (unpaired) electrons. The fourth-order valence-corrected chi connectivity index (χ4v) is 0.182. The van der Waals surface area contributed by atoms with E-state index in [1.807, 2.05) is 0 Å². The van der Waals surface area contributed by atoms with E-state index in [2.05, 4.69) is 16.4 Å². The fraction of sp³-hybridized carbons (Fsp3) is 0.250. The first-order chi connectivity index (χ1) is 3.81. The summed E-state index contributed by atoms with van der Waals surface area (Å²) in [5.41, 5.74) is 5.01. The Hall–Kier alpha value is -1.19. The summed E-state index contributed by atoms with van der Waals surface area (Å²) in [7, 11) is 0. The highest BCUT2D eigenvalue weighted by Crippen LogP contribution is 1.70. The van der Waals surface area contributed by atoms with Crippen LogP contribution < -0.4 is 11.6 Å². The van der Waals surface area contributed by atoms with Gasteiger partial charge in [-0.25, -0.2) is 0 Å². The summed E-state index contributed by atoms with van der Waals surface area (Å²) in [6.07, 6.45) is 1.55. The van der Waals surface area contributed by atoms with E-state index in [4.69, 9.17) is 11.6 Å². The van der Waals surface area contributed by atoms with Crippen LogP contribution in [-0.2, 0) is 4.74 Å². The van der Waals surface area contributed by atoms with Crippen LogP contribution >= 0.6 is 0 Å². The van der Waals surface area contributed by atoms with Crippen molar-refractivity contribution in [3.8, 4) is 0 Å². The molecule has 0 saturated carbocycles. The Labute approximate surface area is 47.8 Å². The molecule has 0 saturated heterocycles. The highest BCUT2D eigenvalue weighted by atomic mass is 16.5. The summed E-state index contributed by atoms with van der Waals surface area (Å²) in [6.45, 7) is 3.73. The van der Waals surface area contributed by atoms with E-state index in [-0.39, 0.29) is 6.02 Å². The summed E-state index contributed by atoms with van der Waals surface area (Å²) >= 11 is 0. The zero-order chi connectivity index (χ0) is 6.41. The van der Waals surface area contributed by atoms with Crippen molar-refractivity contribution in [1.29, 1.82) is 0 Å². The SMILES string of the molecule is C=CCOC(N)=NN. The molecule has 0 aliphatic heterocycles. The first kappa shape index (κ1) is 6.81. The van der Waals surface area contributed by atoms with E-state index >= 15 is 0 Å². The van der Waals surface area contributed by atoms with Crippen LogP contribution in [0.1, 0.15) is 0 Å². The minimum atomic E-state index is -0.0232. The van der Waals surface area contributed by atoms with Crippen molar-refractivity contribution in [2.75, 3.05) is 6.61 Å². The van der Waals surface area contributed by atoms with Gasteiger partial charge in [0.2, 0.25) is 0 Å². The molecule has 0 amide bonds. The number of nitrogens with two attached hydrogens (primary N) is 2. The van der Waals surface area contributed by atoms with Crippen molar-refractivity contribution in [3.63, 3.8) is 0 Å². The number of hydrogen-bond donors (Lipinski definition) is 2. The highest BCUT2D eigenvalue weighted by Gasteiger charge is 1.83. The Balaban J connectivity index is 3.24. The third-order valence-corrected chi connectivity index (χ3v) is 0.476. The molecule has 0 aromatic carbocycles. The fourth-order valence-electron chi connectivity index (χ4n) is 0.182. The minimum absolute atomic E-state index is 0.0232. The molecule has 0 unspecified atom stereocenters. The molecule has 0 bridgehead atoms. The van der Waals surface area contributed by atoms with Crippen LogP contribution in [0.4, 0.5) is 0 Å². The smallest absolute Gasteiger partial charge is 0.303 e. The van der Waals surface area contributed by atoms with E-state index in [1.54, 1.807) is 6.08 Å². The van der Waals surface area contributed by atoms with Crippen LogP contribution in [0.25, 0.3) is 0 Å². The molecule has 0 rings (SSSR count). The summed E-state index contributed by atoms with van der Waals surface area (Å²) in [4.78, 5) is 0. The van der Waals surface area contributed by atoms with Gasteiger partial charge in [-0.05, 0) is 0 Å². The van der Waals surface area contributed by atoms with Crippen LogP contribution in [0.15, 0.2) is 17.8 Å². The maximum atomic E-state index is 5.01. The van der Waals surface area contributed by atoms with E-state index in [1.165, 1.54) is 0 Å². The second-order valence-corrected chi connectivity index (χ2v) is 1.07. The van der Waals surface area contributed by atoms with Gasteiger partial charge in [-0.15, -0.1) is 5.10 Å². The lowest BCUT2D eigenvalue weighted by Gasteiger charge is -1.96. The molecular weight excluding hydrogens is 106 g/mol. The molecule has 8 heavy (non-hydrogen) atoms. The molecule has 0 spiro atoms. The van der Waals surface area contributed by atoms with E-state index in [9.17, 15) is 0 Å². The minimum Gasteiger partial charge on any atom is -0.460 e. The molecule has 0 heterocycles. The van der Waals surface area contributed by atoms with Gasteiger partial charge in [0.05, 0.1) is 0 Å². The number of ether oxygens (including phenoxy) is 1. The normalized spacial score (nSPS) is 10.8. The van der Waals surface area contributed by atoms with Gasteiger partial charge in [0.25, 0.3) is 0 Å². The Morgan fingerprint density at radius 3 is 2.88 bits per heavy atom. The molecule has 0 atom stereocenters. The molecule has 0 aliphatic carbocycles. The third kappa shape index (κ3) is 3.02. The van der Waals surface area contributed by atoms with Crippen molar-refractivity contribution in [1.82, 2.24) is 0 Å². The maximum absolute atomic E-state index is 5.01. The summed E-state index contributed by atoms with van der Waals surface area (Å²) in [6, 6.07) is -0.0232. The number of hydrogen-bond acceptors (Lipinski definition) is 3. The lowest BCUT2D eigenvalue weighted by atomic mass is 10.7. The molecule has 4 nitrogen and oxygen atoms in total. The zero-order valence-electron chi connectivity index (χ0n) is 4.50. The quantitative estimate of drug-likeness (QED) is 0.165. The van der Waals surface area contributed by atoms with E-state index in [0.717, 1.165) is 0 Å². The summed E-state index contributed by atoms with van der Waals surface area (Å²) in [5, 5.41) is 3.05. The van der Waals surface area contributed by atoms with E-state index < -0.39 is 0 Å². The molecule has 0 aromatic rings. The van der Waals surface area contributed by atoms with Crippen LogP contribution in [0.3, 0.4) is 0 Å². The predicted molar refractivity (Wildman–Crippen MR) is 32.0 cm³/mol. The summed E-state index contributed by atoms with van der Waals surface area (Å²) in [5.74, 6) is 4.72. The van der Waals surface area contributed by atoms with Crippen LogP contribution in [0.2, 0.25) is 0 Å². The number of hydrazone groups is 1. The molecular formula is C4H9N3O. The van der Waals surface area contributed by atoms with Gasteiger partial charge in [0.1, 0.15) is 6.61 Å². The van der Waals surface area contributed by atoms with Gasteiger partial charge in [-0.3, -0.25) is 0 Å². The van der Waals surface area contributed by atoms with E-state index in [0.29, 0.717) is 6.61 Å². The largest absolute Gasteiger partial charge is 0.460 e. The lowest BCUT2D eigenvalue weighted by molar-refractivity contribution is 0.343. The second-order valence-electron chi connectivity index (χ2n) is 1.07. The van der Waals surface area contributed by atoms with Gasteiger partial charge in [-0.1, -0.05) is 12.7 Å². The Kier molecular flexibility index (Phi) is 3.39. The standard InChI is InChI=1S/C4H9N3O/c1-2-3-8-4(5)7-6/h2H,1,3,6H2,(H2,5,7). The Bertz CT molecular complexity index is 99.5. The highest BCUT2D eigenvalue weighted by molar-refractivity contribution is 5.70. The Morgan fingerprint density at radius 1 is 1.88 bits per heavy atom. The van der Waals surface area contributed by atoms with Crippen molar-refractivity contribution in [2.24, 2.45) is 16.7 Å². The predicted octanol–water partition coefficient (Wildman–Crippen LogP) is -0.623. The van der Waals surface area contributed by atoms with Crippen LogP contribution in [-0.4, -0.2) is 12.6 Å². The number of rotatable bonds is 2. The van der Waals surface area contributed by atoms with Crippen molar-refractivity contribution < 1.29 is 4.74 Å². The van der Waals surface area contributed by atoms with Crippen molar-refractivity contribution in [2.45, 2.75) is 0 Å². The lowest BCUT2D eigenvalue weighted by Crippen LogP contribution is -2.17. The Morgan fingerprint density at radius 2 is 2.50 bits per heavy atom. The number of amidine groups is 1. The molecule has 0 aliphatic rings. The average molecular weight is 115 g/mol. The molecule has 0 fully saturated rings. The average Bonchev–Trinajstić information content (AvgIpc) is 1.83. The first-order valence-corrected chi connectivity index (χ1v) is 2.08. The van der Waals surface area contributed by atoms with Gasteiger partial charge >= 0.3 is 6.02 Å². The van der Waals surface area contributed by atoms with Crippen molar-refractivity contribution in [3.05, 3.63) is 12.7 Å². The number of nitrogens with zero attached hydrogens (tertiary/aromatic N) is 1. The third-order valence-electron chi connectivity index (χ3n) is 0.476. The van der Waals surface area contributed by atoms with Gasteiger partial charge in [-0.2, -0.15) is 0 Å². The second kappa shape index (κ2) is 3.98. The molecule has 46 valence electrons. The maximum Gasteiger partial charge on any atom is 0.303 e. The van der Waals surface area contributed by atoms with Crippen LogP contribution in [0, 0.1) is 0 Å². The molecule has 4 heteroatoms. The van der Waals surface area contributed by atoms with Gasteiger partial charge < -0.3 is 16.3 Å². The monoisotopic (exact) mass is 115 g/mol. The van der Waals surface area contributed by atoms with Gasteiger partial charge in [0.15, 0.2) is 0 Å². The summed E-state index contributed by atoms with van der Waals surface area (Å²) < 4.78 is 4.62. The van der Waals surface area contributed by atoms with Crippen LogP contribution in [0.5, 0.6) is 0 Å². The zero-order valence-corrected chi connectivity index (χ0v) is 4.50.